The maximum atomic E-state index is 12.6. The third kappa shape index (κ3) is 3.47. The molecule has 1 N–H and O–H groups in total. The molecule has 1 unspecified atom stereocenters. The highest BCUT2D eigenvalue weighted by Crippen LogP contribution is 2.34. The minimum atomic E-state index is -3.14. The summed E-state index contributed by atoms with van der Waals surface area (Å²) < 4.78 is 27.0. The minimum Gasteiger partial charge on any atom is -0.313 e. The zero-order valence-electron chi connectivity index (χ0n) is 12.6. The van der Waals surface area contributed by atoms with E-state index < -0.39 is 10.0 Å². The van der Waals surface area contributed by atoms with Crippen LogP contribution in [0.15, 0.2) is 24.3 Å². The molecule has 1 atom stereocenters. The molecule has 1 saturated carbocycles. The van der Waals surface area contributed by atoms with Crippen molar-refractivity contribution in [2.45, 2.75) is 32.2 Å². The van der Waals surface area contributed by atoms with Gasteiger partial charge in [0.05, 0.1) is 11.8 Å². The summed E-state index contributed by atoms with van der Waals surface area (Å²) >= 11 is 0. The number of nitrogens with zero attached hydrogens (tertiary/aromatic N) is 1. The monoisotopic (exact) mass is 308 g/mol. The first-order chi connectivity index (χ1) is 10.1. The average Bonchev–Trinajstić information content (AvgIpc) is 3.31. The molecule has 21 heavy (non-hydrogen) atoms. The molecule has 4 nitrogen and oxygen atoms in total. The van der Waals surface area contributed by atoms with E-state index >= 15 is 0 Å². The van der Waals surface area contributed by atoms with Crippen molar-refractivity contribution < 1.29 is 8.42 Å². The molecule has 3 rings (SSSR count). The van der Waals surface area contributed by atoms with Crippen molar-refractivity contribution in [2.24, 2.45) is 5.92 Å². The van der Waals surface area contributed by atoms with Crippen LogP contribution in [-0.2, 0) is 16.4 Å². The van der Waals surface area contributed by atoms with Gasteiger partial charge in [-0.05, 0) is 36.3 Å². The highest BCUT2D eigenvalue weighted by atomic mass is 32.2. The second-order valence-electron chi connectivity index (χ2n) is 6.15. The van der Waals surface area contributed by atoms with E-state index in [-0.39, 0.29) is 6.04 Å². The molecule has 1 saturated heterocycles. The first kappa shape index (κ1) is 15.0. The second-order valence-corrected chi connectivity index (χ2v) is 8.11. The molecule has 0 radical (unpaired) electrons. The van der Waals surface area contributed by atoms with Gasteiger partial charge in [-0.2, -0.15) is 4.31 Å². The van der Waals surface area contributed by atoms with Crippen molar-refractivity contribution in [2.75, 3.05) is 25.4 Å². The summed E-state index contributed by atoms with van der Waals surface area (Å²) in [5, 5.41) is 3.33. The zero-order valence-corrected chi connectivity index (χ0v) is 13.4. The molecular weight excluding hydrogens is 284 g/mol. The Morgan fingerprint density at radius 2 is 1.95 bits per heavy atom. The van der Waals surface area contributed by atoms with E-state index in [0.29, 0.717) is 24.8 Å². The Hall–Kier alpha value is -0.910. The Labute approximate surface area is 127 Å². The Bertz CT molecular complexity index is 579. The smallest absolute Gasteiger partial charge is 0.215 e. The Kier molecular flexibility index (Phi) is 4.33. The highest BCUT2D eigenvalue weighted by Gasteiger charge is 2.37. The third-order valence-electron chi connectivity index (χ3n) is 4.47. The SMILES string of the molecule is CCc1ccc(C2CNCCN2S(=O)(=O)CC2CC2)cc1. The van der Waals surface area contributed by atoms with Gasteiger partial charge in [-0.25, -0.2) is 8.42 Å². The molecule has 0 aromatic heterocycles. The van der Waals surface area contributed by atoms with Crippen molar-refractivity contribution >= 4 is 10.0 Å². The molecule has 1 aromatic carbocycles. The van der Waals surface area contributed by atoms with Crippen LogP contribution in [0.2, 0.25) is 0 Å². The van der Waals surface area contributed by atoms with Crippen LogP contribution in [-0.4, -0.2) is 38.1 Å². The van der Waals surface area contributed by atoms with Crippen LogP contribution in [0.25, 0.3) is 0 Å². The van der Waals surface area contributed by atoms with Crippen LogP contribution in [0.5, 0.6) is 0 Å². The van der Waals surface area contributed by atoms with Crippen LogP contribution >= 0.6 is 0 Å². The van der Waals surface area contributed by atoms with Gasteiger partial charge in [-0.15, -0.1) is 0 Å². The molecular formula is C16H24N2O2S. The number of piperazine rings is 1. The Morgan fingerprint density at radius 3 is 2.57 bits per heavy atom. The van der Waals surface area contributed by atoms with Gasteiger partial charge in [-0.1, -0.05) is 31.2 Å². The molecule has 2 fully saturated rings. The molecule has 0 spiro atoms. The molecule has 0 bridgehead atoms. The van der Waals surface area contributed by atoms with Crippen molar-refractivity contribution in [3.63, 3.8) is 0 Å². The lowest BCUT2D eigenvalue weighted by atomic mass is 10.0. The number of aryl methyl sites for hydroxylation is 1. The number of sulfonamides is 1. The highest BCUT2D eigenvalue weighted by molar-refractivity contribution is 7.89. The first-order valence-corrected chi connectivity index (χ1v) is 9.50. The fourth-order valence-corrected chi connectivity index (χ4v) is 5.03. The van der Waals surface area contributed by atoms with Gasteiger partial charge in [0, 0.05) is 19.6 Å². The molecule has 1 aromatic rings. The summed E-state index contributed by atoms with van der Waals surface area (Å²) in [6.45, 7) is 4.15. The van der Waals surface area contributed by atoms with E-state index in [1.165, 1.54) is 5.56 Å². The predicted octanol–water partition coefficient (Wildman–Crippen LogP) is 1.94. The molecule has 2 aliphatic rings. The van der Waals surface area contributed by atoms with Crippen molar-refractivity contribution in [3.05, 3.63) is 35.4 Å². The number of hydrogen-bond acceptors (Lipinski definition) is 3. The molecule has 1 heterocycles. The molecule has 1 aliphatic carbocycles. The Morgan fingerprint density at radius 1 is 1.24 bits per heavy atom. The Balaban J connectivity index is 1.82. The lowest BCUT2D eigenvalue weighted by molar-refractivity contribution is 0.271. The summed E-state index contributed by atoms with van der Waals surface area (Å²) in [5.41, 5.74) is 2.38. The van der Waals surface area contributed by atoms with Crippen LogP contribution in [0, 0.1) is 5.92 Å². The second kappa shape index (κ2) is 6.07. The fourth-order valence-electron chi connectivity index (χ4n) is 2.96. The average molecular weight is 308 g/mol. The zero-order chi connectivity index (χ0) is 14.9. The summed E-state index contributed by atoms with van der Waals surface area (Å²) in [4.78, 5) is 0. The van der Waals surface area contributed by atoms with E-state index in [1.54, 1.807) is 4.31 Å². The van der Waals surface area contributed by atoms with E-state index in [9.17, 15) is 8.42 Å². The van der Waals surface area contributed by atoms with Gasteiger partial charge in [0.1, 0.15) is 0 Å². The van der Waals surface area contributed by atoms with Crippen LogP contribution in [0.1, 0.15) is 36.9 Å². The van der Waals surface area contributed by atoms with Gasteiger partial charge in [0.15, 0.2) is 0 Å². The van der Waals surface area contributed by atoms with Crippen LogP contribution < -0.4 is 5.32 Å². The summed E-state index contributed by atoms with van der Waals surface area (Å²) in [6, 6.07) is 8.31. The molecule has 0 amide bonds. The molecule has 116 valence electrons. The van der Waals surface area contributed by atoms with Gasteiger partial charge < -0.3 is 5.32 Å². The van der Waals surface area contributed by atoms with Crippen molar-refractivity contribution in [1.82, 2.24) is 9.62 Å². The van der Waals surface area contributed by atoms with Gasteiger partial charge >= 0.3 is 0 Å². The lowest BCUT2D eigenvalue weighted by Crippen LogP contribution is -2.49. The quantitative estimate of drug-likeness (QED) is 0.904. The number of hydrogen-bond donors (Lipinski definition) is 1. The van der Waals surface area contributed by atoms with E-state index in [1.807, 2.05) is 0 Å². The molecule has 5 heteroatoms. The maximum Gasteiger partial charge on any atom is 0.215 e. The van der Waals surface area contributed by atoms with Crippen molar-refractivity contribution in [1.29, 1.82) is 0 Å². The van der Waals surface area contributed by atoms with E-state index in [4.69, 9.17) is 0 Å². The third-order valence-corrected chi connectivity index (χ3v) is 6.51. The normalized spacial score (nSPS) is 24.1. The minimum absolute atomic E-state index is 0.0617. The predicted molar refractivity (Wildman–Crippen MR) is 84.6 cm³/mol. The fraction of sp³-hybridized carbons (Fsp3) is 0.625. The summed E-state index contributed by atoms with van der Waals surface area (Å²) in [5.74, 6) is 0.726. The summed E-state index contributed by atoms with van der Waals surface area (Å²) in [7, 11) is -3.14. The van der Waals surface area contributed by atoms with Crippen LogP contribution in [0.4, 0.5) is 0 Å². The van der Waals surface area contributed by atoms with Gasteiger partial charge in [-0.3, -0.25) is 0 Å². The maximum absolute atomic E-state index is 12.6. The number of benzene rings is 1. The van der Waals surface area contributed by atoms with Crippen molar-refractivity contribution in [3.8, 4) is 0 Å². The standard InChI is InChI=1S/C16H24N2O2S/c1-2-13-5-7-15(8-6-13)16-11-17-9-10-18(16)21(19,20)12-14-3-4-14/h5-8,14,16-17H,2-4,9-12H2,1H3. The first-order valence-electron chi connectivity index (χ1n) is 7.89. The van der Waals surface area contributed by atoms with Crippen LogP contribution in [0.3, 0.4) is 0 Å². The van der Waals surface area contributed by atoms with Gasteiger partial charge in [0.25, 0.3) is 0 Å². The summed E-state index contributed by atoms with van der Waals surface area (Å²) in [6.07, 6.45) is 3.15. The van der Waals surface area contributed by atoms with E-state index in [0.717, 1.165) is 31.4 Å². The topological polar surface area (TPSA) is 49.4 Å². The number of nitrogens with one attached hydrogen (secondary N) is 1. The van der Waals surface area contributed by atoms with Gasteiger partial charge in [0.2, 0.25) is 10.0 Å². The number of rotatable bonds is 5. The molecule has 1 aliphatic heterocycles. The lowest BCUT2D eigenvalue weighted by Gasteiger charge is -2.35. The van der Waals surface area contributed by atoms with E-state index in [2.05, 4.69) is 36.5 Å². The largest absolute Gasteiger partial charge is 0.313 e.